The summed E-state index contributed by atoms with van der Waals surface area (Å²) >= 11 is 5.81. The van der Waals surface area contributed by atoms with Crippen molar-refractivity contribution in [2.45, 2.75) is 6.92 Å². The molecule has 0 radical (unpaired) electrons. The molecule has 0 aliphatic heterocycles. The minimum absolute atomic E-state index is 0.128. The van der Waals surface area contributed by atoms with Gasteiger partial charge in [-0.05, 0) is 43.3 Å². The van der Waals surface area contributed by atoms with Crippen LogP contribution in [-0.2, 0) is 0 Å². The Balaban J connectivity index is 2.16. The van der Waals surface area contributed by atoms with E-state index in [0.717, 1.165) is 5.69 Å². The highest BCUT2D eigenvalue weighted by Gasteiger charge is 2.06. The summed E-state index contributed by atoms with van der Waals surface area (Å²) in [5.41, 5.74) is 5.05. The standard InChI is InChI=1S/C15H15ClN2O2/c1-10(14-8-7-13(20-2)9-15(14)19)17-18-12-5-3-11(16)4-6-12/h3-9,18-19H,1-2H3. The van der Waals surface area contributed by atoms with Crippen molar-refractivity contribution in [2.24, 2.45) is 5.10 Å². The molecule has 104 valence electrons. The van der Waals surface area contributed by atoms with Crippen LogP contribution >= 0.6 is 11.6 Å². The first-order chi connectivity index (χ1) is 9.60. The lowest BCUT2D eigenvalue weighted by Gasteiger charge is -2.07. The van der Waals surface area contributed by atoms with Gasteiger partial charge in [0.15, 0.2) is 0 Å². The maximum Gasteiger partial charge on any atom is 0.128 e. The van der Waals surface area contributed by atoms with Crippen molar-refractivity contribution in [3.63, 3.8) is 0 Å². The van der Waals surface area contributed by atoms with Crippen LogP contribution in [0.2, 0.25) is 5.02 Å². The van der Waals surface area contributed by atoms with E-state index in [0.29, 0.717) is 22.0 Å². The normalized spacial score (nSPS) is 11.2. The highest BCUT2D eigenvalue weighted by molar-refractivity contribution is 6.30. The zero-order valence-electron chi connectivity index (χ0n) is 11.2. The van der Waals surface area contributed by atoms with Crippen LogP contribution in [0.4, 0.5) is 5.69 Å². The average Bonchev–Trinajstić information content (AvgIpc) is 2.46. The van der Waals surface area contributed by atoms with Gasteiger partial charge in [0.1, 0.15) is 11.5 Å². The molecule has 0 amide bonds. The molecule has 0 aliphatic carbocycles. The minimum Gasteiger partial charge on any atom is -0.507 e. The van der Waals surface area contributed by atoms with Gasteiger partial charge in [0.05, 0.1) is 18.5 Å². The molecule has 2 aromatic carbocycles. The minimum atomic E-state index is 0.128. The molecule has 0 unspecified atom stereocenters. The fraction of sp³-hybridized carbons (Fsp3) is 0.133. The molecule has 0 spiro atoms. The van der Waals surface area contributed by atoms with E-state index in [1.807, 2.05) is 19.1 Å². The highest BCUT2D eigenvalue weighted by atomic mass is 35.5. The topological polar surface area (TPSA) is 53.8 Å². The molecule has 0 atom stereocenters. The number of hydrazone groups is 1. The van der Waals surface area contributed by atoms with Crippen molar-refractivity contribution in [1.82, 2.24) is 0 Å². The van der Waals surface area contributed by atoms with Gasteiger partial charge in [0.25, 0.3) is 0 Å². The van der Waals surface area contributed by atoms with Gasteiger partial charge in [-0.15, -0.1) is 0 Å². The number of phenolic OH excluding ortho intramolecular Hbond substituents is 1. The van der Waals surface area contributed by atoms with Crippen LogP contribution in [0, 0.1) is 0 Å². The molecule has 0 aliphatic rings. The Morgan fingerprint density at radius 2 is 1.90 bits per heavy atom. The van der Waals surface area contributed by atoms with Crippen LogP contribution in [0.15, 0.2) is 47.6 Å². The highest BCUT2D eigenvalue weighted by Crippen LogP contribution is 2.24. The Morgan fingerprint density at radius 3 is 2.50 bits per heavy atom. The number of hydrogen-bond acceptors (Lipinski definition) is 4. The van der Waals surface area contributed by atoms with Crippen molar-refractivity contribution in [3.8, 4) is 11.5 Å². The number of benzene rings is 2. The third-order valence-corrected chi connectivity index (χ3v) is 3.04. The molecule has 2 rings (SSSR count). The fourth-order valence-corrected chi connectivity index (χ4v) is 1.80. The Bertz CT molecular complexity index is 624. The molecule has 20 heavy (non-hydrogen) atoms. The molecule has 0 bridgehead atoms. The fourth-order valence-electron chi connectivity index (χ4n) is 1.68. The van der Waals surface area contributed by atoms with E-state index in [1.165, 1.54) is 0 Å². The Morgan fingerprint density at radius 1 is 1.20 bits per heavy atom. The second-order valence-electron chi connectivity index (χ2n) is 4.20. The van der Waals surface area contributed by atoms with Gasteiger partial charge in [-0.25, -0.2) is 0 Å². The van der Waals surface area contributed by atoms with Crippen molar-refractivity contribution < 1.29 is 9.84 Å². The molecule has 2 N–H and O–H groups in total. The van der Waals surface area contributed by atoms with Crippen molar-refractivity contribution in [1.29, 1.82) is 0 Å². The number of aromatic hydroxyl groups is 1. The number of halogens is 1. The first-order valence-corrected chi connectivity index (χ1v) is 6.41. The second-order valence-corrected chi connectivity index (χ2v) is 4.64. The quantitative estimate of drug-likeness (QED) is 0.663. The molecule has 0 heterocycles. The van der Waals surface area contributed by atoms with E-state index in [2.05, 4.69) is 10.5 Å². The van der Waals surface area contributed by atoms with Crippen LogP contribution in [0.25, 0.3) is 0 Å². The summed E-state index contributed by atoms with van der Waals surface area (Å²) in [5.74, 6) is 0.730. The lowest BCUT2D eigenvalue weighted by molar-refractivity contribution is 0.407. The molecule has 4 nitrogen and oxygen atoms in total. The number of nitrogens with zero attached hydrogens (tertiary/aromatic N) is 1. The Labute approximate surface area is 122 Å². The lowest BCUT2D eigenvalue weighted by atomic mass is 10.1. The number of methoxy groups -OCH3 is 1. The first kappa shape index (κ1) is 14.2. The molecule has 5 heteroatoms. The number of nitrogens with one attached hydrogen (secondary N) is 1. The third-order valence-electron chi connectivity index (χ3n) is 2.79. The summed E-state index contributed by atoms with van der Waals surface area (Å²) in [4.78, 5) is 0. The van der Waals surface area contributed by atoms with Gasteiger partial charge in [-0.1, -0.05) is 11.6 Å². The predicted octanol–water partition coefficient (Wildman–Crippen LogP) is 3.89. The molecule has 0 saturated heterocycles. The van der Waals surface area contributed by atoms with E-state index in [4.69, 9.17) is 16.3 Å². The van der Waals surface area contributed by atoms with Gasteiger partial charge in [0, 0.05) is 16.7 Å². The summed E-state index contributed by atoms with van der Waals surface area (Å²) < 4.78 is 5.04. The molecular weight excluding hydrogens is 276 g/mol. The summed E-state index contributed by atoms with van der Waals surface area (Å²) in [6.45, 7) is 1.81. The number of phenols is 1. The van der Waals surface area contributed by atoms with Gasteiger partial charge in [-0.3, -0.25) is 5.43 Å². The molecule has 0 saturated carbocycles. The smallest absolute Gasteiger partial charge is 0.128 e. The van der Waals surface area contributed by atoms with Gasteiger partial charge >= 0.3 is 0 Å². The van der Waals surface area contributed by atoms with E-state index >= 15 is 0 Å². The zero-order valence-corrected chi connectivity index (χ0v) is 12.0. The summed E-state index contributed by atoms with van der Waals surface area (Å²) in [6, 6.07) is 12.3. The number of ether oxygens (including phenoxy) is 1. The molecule has 2 aromatic rings. The number of anilines is 1. The third kappa shape index (κ3) is 3.42. The van der Waals surface area contributed by atoms with Crippen molar-refractivity contribution in [3.05, 3.63) is 53.1 Å². The largest absolute Gasteiger partial charge is 0.507 e. The Kier molecular flexibility index (Phi) is 4.48. The second kappa shape index (κ2) is 6.30. The van der Waals surface area contributed by atoms with Crippen LogP contribution in [0.3, 0.4) is 0 Å². The maximum atomic E-state index is 9.92. The van der Waals surface area contributed by atoms with Crippen LogP contribution in [0.1, 0.15) is 12.5 Å². The molecular formula is C15H15ClN2O2. The zero-order chi connectivity index (χ0) is 14.5. The van der Waals surface area contributed by atoms with E-state index < -0.39 is 0 Å². The van der Waals surface area contributed by atoms with Gasteiger partial charge in [-0.2, -0.15) is 5.10 Å². The first-order valence-electron chi connectivity index (χ1n) is 6.03. The number of hydrogen-bond donors (Lipinski definition) is 2. The predicted molar refractivity (Wildman–Crippen MR) is 81.9 cm³/mol. The maximum absolute atomic E-state index is 9.92. The van der Waals surface area contributed by atoms with Crippen LogP contribution in [0.5, 0.6) is 11.5 Å². The summed E-state index contributed by atoms with van der Waals surface area (Å²) in [6.07, 6.45) is 0. The number of rotatable bonds is 4. The van der Waals surface area contributed by atoms with E-state index in [-0.39, 0.29) is 5.75 Å². The van der Waals surface area contributed by atoms with Crippen molar-refractivity contribution >= 4 is 23.0 Å². The monoisotopic (exact) mass is 290 g/mol. The van der Waals surface area contributed by atoms with Crippen LogP contribution < -0.4 is 10.2 Å². The van der Waals surface area contributed by atoms with Gasteiger partial charge < -0.3 is 9.84 Å². The van der Waals surface area contributed by atoms with Crippen LogP contribution in [-0.4, -0.2) is 17.9 Å². The summed E-state index contributed by atoms with van der Waals surface area (Å²) in [5, 5.41) is 14.8. The van der Waals surface area contributed by atoms with E-state index in [1.54, 1.807) is 37.4 Å². The van der Waals surface area contributed by atoms with Gasteiger partial charge in [0.2, 0.25) is 0 Å². The van der Waals surface area contributed by atoms with Crippen molar-refractivity contribution in [2.75, 3.05) is 12.5 Å². The lowest BCUT2D eigenvalue weighted by Crippen LogP contribution is -2.00. The Hall–Kier alpha value is -2.20. The summed E-state index contributed by atoms with van der Waals surface area (Å²) in [7, 11) is 1.55. The molecule has 0 aromatic heterocycles. The SMILES string of the molecule is COc1ccc(C(C)=NNc2ccc(Cl)cc2)c(O)c1. The molecule has 0 fully saturated rings. The average molecular weight is 291 g/mol. The van der Waals surface area contributed by atoms with E-state index in [9.17, 15) is 5.11 Å².